The van der Waals surface area contributed by atoms with Gasteiger partial charge in [-0.05, 0) is 44.9 Å². The van der Waals surface area contributed by atoms with Crippen LogP contribution in [0.2, 0.25) is 0 Å². The first-order valence-corrected chi connectivity index (χ1v) is 13.5. The Morgan fingerprint density at radius 3 is 2.17 bits per heavy atom. The second-order valence-corrected chi connectivity index (χ2v) is 11.4. The molecule has 0 aliphatic heterocycles. The maximum Gasteiger partial charge on any atom is 0.244 e. The SMILES string of the molecule is CC[C@@H](C(=O)NC(C)(C)C)N(Cc1ccccc1)C(=O)CN(c1cc(OC)ccc1OC)S(C)(=O)=O. The molecule has 10 heteroatoms. The summed E-state index contributed by atoms with van der Waals surface area (Å²) in [5.41, 5.74) is 0.482. The van der Waals surface area contributed by atoms with Crippen LogP contribution in [0.1, 0.15) is 39.7 Å². The van der Waals surface area contributed by atoms with Gasteiger partial charge in [0, 0.05) is 18.2 Å². The number of nitrogens with zero attached hydrogens (tertiary/aromatic N) is 2. The van der Waals surface area contributed by atoms with Crippen LogP contribution >= 0.6 is 0 Å². The van der Waals surface area contributed by atoms with Crippen LogP contribution in [0, 0.1) is 0 Å². The predicted octanol–water partition coefficient (Wildman–Crippen LogP) is 3.19. The lowest BCUT2D eigenvalue weighted by molar-refractivity contribution is -0.141. The third-order valence-corrected chi connectivity index (χ3v) is 6.54. The number of rotatable bonds is 11. The van der Waals surface area contributed by atoms with E-state index in [1.807, 2.05) is 58.0 Å². The molecule has 0 aliphatic rings. The molecule has 1 atom stereocenters. The molecule has 2 rings (SSSR count). The van der Waals surface area contributed by atoms with Crippen LogP contribution < -0.4 is 19.1 Å². The molecule has 9 nitrogen and oxygen atoms in total. The Kier molecular flexibility index (Phi) is 9.75. The number of anilines is 1. The van der Waals surface area contributed by atoms with Gasteiger partial charge in [-0.15, -0.1) is 0 Å². The zero-order chi connectivity index (χ0) is 27.1. The van der Waals surface area contributed by atoms with E-state index in [4.69, 9.17) is 9.47 Å². The van der Waals surface area contributed by atoms with Crippen LogP contribution in [0.3, 0.4) is 0 Å². The van der Waals surface area contributed by atoms with Crippen molar-refractivity contribution in [3.8, 4) is 11.5 Å². The highest BCUT2D eigenvalue weighted by Gasteiger charge is 2.33. The number of carbonyl (C=O) groups is 2. The summed E-state index contributed by atoms with van der Waals surface area (Å²) in [6, 6.07) is 13.2. The largest absolute Gasteiger partial charge is 0.497 e. The molecule has 1 N–H and O–H groups in total. The van der Waals surface area contributed by atoms with Gasteiger partial charge in [0.15, 0.2) is 0 Å². The van der Waals surface area contributed by atoms with Gasteiger partial charge >= 0.3 is 0 Å². The number of carbonyl (C=O) groups excluding carboxylic acids is 2. The second-order valence-electron chi connectivity index (χ2n) is 9.48. The van der Waals surface area contributed by atoms with E-state index in [1.165, 1.54) is 25.2 Å². The topological polar surface area (TPSA) is 105 Å². The molecule has 0 radical (unpaired) electrons. The lowest BCUT2D eigenvalue weighted by atomic mass is 10.1. The van der Waals surface area contributed by atoms with Crippen molar-refractivity contribution in [2.45, 2.75) is 52.2 Å². The molecule has 0 fully saturated rings. The molecule has 0 heterocycles. The van der Waals surface area contributed by atoms with E-state index in [9.17, 15) is 18.0 Å². The Bertz CT molecular complexity index is 1150. The van der Waals surface area contributed by atoms with Crippen LogP contribution in [0.5, 0.6) is 11.5 Å². The van der Waals surface area contributed by atoms with E-state index in [0.717, 1.165) is 16.1 Å². The van der Waals surface area contributed by atoms with Gasteiger partial charge in [0.1, 0.15) is 24.1 Å². The molecule has 0 unspecified atom stereocenters. The first kappa shape index (κ1) is 29.0. The van der Waals surface area contributed by atoms with Crippen molar-refractivity contribution in [1.29, 1.82) is 0 Å². The standard InChI is InChI=1S/C26H37N3O6S/c1-8-21(25(31)27-26(2,3)4)28(17-19-12-10-9-11-13-19)24(30)18-29(36(7,32)33)22-16-20(34-5)14-15-23(22)35-6/h9-16,21H,8,17-18H2,1-7H3,(H,27,31)/t21-/m0/s1. The second kappa shape index (κ2) is 12.1. The maximum absolute atomic E-state index is 13.8. The van der Waals surface area contributed by atoms with E-state index in [0.29, 0.717) is 12.2 Å². The third-order valence-electron chi connectivity index (χ3n) is 5.41. The van der Waals surface area contributed by atoms with E-state index >= 15 is 0 Å². The van der Waals surface area contributed by atoms with Gasteiger partial charge < -0.3 is 19.7 Å². The van der Waals surface area contributed by atoms with Gasteiger partial charge in [0.2, 0.25) is 21.8 Å². The van der Waals surface area contributed by atoms with Crippen molar-refractivity contribution in [2.24, 2.45) is 0 Å². The Morgan fingerprint density at radius 2 is 1.67 bits per heavy atom. The average Bonchev–Trinajstić information content (AvgIpc) is 2.80. The smallest absolute Gasteiger partial charge is 0.244 e. The van der Waals surface area contributed by atoms with Gasteiger partial charge in [-0.2, -0.15) is 0 Å². The van der Waals surface area contributed by atoms with Gasteiger partial charge in [-0.25, -0.2) is 8.42 Å². The van der Waals surface area contributed by atoms with Crippen molar-refractivity contribution < 1.29 is 27.5 Å². The third kappa shape index (κ3) is 7.87. The highest BCUT2D eigenvalue weighted by Crippen LogP contribution is 2.34. The molecule has 0 spiro atoms. The van der Waals surface area contributed by atoms with Crippen LogP contribution in [-0.2, 0) is 26.2 Å². The first-order chi connectivity index (χ1) is 16.8. The Balaban J connectivity index is 2.52. The number of nitrogens with one attached hydrogen (secondary N) is 1. The lowest BCUT2D eigenvalue weighted by Crippen LogP contribution is -2.55. The van der Waals surface area contributed by atoms with Crippen LogP contribution in [0.25, 0.3) is 0 Å². The fraction of sp³-hybridized carbons (Fsp3) is 0.462. The van der Waals surface area contributed by atoms with Crippen molar-refractivity contribution in [3.05, 3.63) is 54.1 Å². The highest BCUT2D eigenvalue weighted by atomic mass is 32.2. The van der Waals surface area contributed by atoms with E-state index in [1.54, 1.807) is 12.1 Å². The van der Waals surface area contributed by atoms with Crippen molar-refractivity contribution in [2.75, 3.05) is 31.3 Å². The molecule has 198 valence electrons. The normalized spacial score (nSPS) is 12.4. The summed E-state index contributed by atoms with van der Waals surface area (Å²) in [5.74, 6) is -0.158. The zero-order valence-electron chi connectivity index (χ0n) is 22.1. The molecular formula is C26H37N3O6S. The Morgan fingerprint density at radius 1 is 1.03 bits per heavy atom. The van der Waals surface area contributed by atoms with Crippen LogP contribution in [0.4, 0.5) is 5.69 Å². The summed E-state index contributed by atoms with van der Waals surface area (Å²) in [6.07, 6.45) is 1.37. The molecule has 0 saturated carbocycles. The predicted molar refractivity (Wildman–Crippen MR) is 141 cm³/mol. The van der Waals surface area contributed by atoms with Crippen molar-refractivity contribution in [3.63, 3.8) is 0 Å². The van der Waals surface area contributed by atoms with Crippen LogP contribution in [-0.4, -0.2) is 63.7 Å². The number of hydrogen-bond acceptors (Lipinski definition) is 6. The van der Waals surface area contributed by atoms with Crippen molar-refractivity contribution in [1.82, 2.24) is 10.2 Å². The number of methoxy groups -OCH3 is 2. The Hall–Kier alpha value is -3.27. The molecule has 2 aromatic rings. The number of hydrogen-bond donors (Lipinski definition) is 1. The Labute approximate surface area is 214 Å². The summed E-state index contributed by atoms with van der Waals surface area (Å²) in [6.45, 7) is 7.03. The zero-order valence-corrected chi connectivity index (χ0v) is 22.9. The summed E-state index contributed by atoms with van der Waals surface area (Å²) >= 11 is 0. The van der Waals surface area contributed by atoms with E-state index < -0.39 is 34.1 Å². The van der Waals surface area contributed by atoms with Gasteiger partial charge in [0.05, 0.1) is 26.2 Å². The molecular weight excluding hydrogens is 482 g/mol. The fourth-order valence-electron chi connectivity index (χ4n) is 3.74. The quantitative estimate of drug-likeness (QED) is 0.489. The summed E-state index contributed by atoms with van der Waals surface area (Å²) in [5, 5.41) is 2.94. The van der Waals surface area contributed by atoms with Crippen LogP contribution in [0.15, 0.2) is 48.5 Å². The fourth-order valence-corrected chi connectivity index (χ4v) is 4.58. The number of benzene rings is 2. The van der Waals surface area contributed by atoms with Gasteiger partial charge in [-0.3, -0.25) is 13.9 Å². The minimum atomic E-state index is -3.91. The van der Waals surface area contributed by atoms with Gasteiger partial charge in [0.25, 0.3) is 0 Å². The molecule has 0 aliphatic carbocycles. The van der Waals surface area contributed by atoms with Gasteiger partial charge in [-0.1, -0.05) is 37.3 Å². The van der Waals surface area contributed by atoms with Crippen molar-refractivity contribution >= 4 is 27.5 Å². The molecule has 2 amide bonds. The minimum absolute atomic E-state index is 0.141. The minimum Gasteiger partial charge on any atom is -0.497 e. The monoisotopic (exact) mass is 519 g/mol. The highest BCUT2D eigenvalue weighted by molar-refractivity contribution is 7.92. The average molecular weight is 520 g/mol. The lowest BCUT2D eigenvalue weighted by Gasteiger charge is -2.34. The summed E-state index contributed by atoms with van der Waals surface area (Å²) < 4.78 is 37.3. The molecule has 0 saturated heterocycles. The van der Waals surface area contributed by atoms with E-state index in [-0.39, 0.29) is 23.9 Å². The molecule has 0 aromatic heterocycles. The molecule has 2 aromatic carbocycles. The van der Waals surface area contributed by atoms with E-state index in [2.05, 4.69) is 5.32 Å². The first-order valence-electron chi connectivity index (χ1n) is 11.7. The molecule has 0 bridgehead atoms. The molecule has 36 heavy (non-hydrogen) atoms. The maximum atomic E-state index is 13.8. The number of ether oxygens (including phenoxy) is 2. The summed E-state index contributed by atoms with van der Waals surface area (Å²) in [4.78, 5) is 28.4. The number of amides is 2. The summed E-state index contributed by atoms with van der Waals surface area (Å²) in [7, 11) is -1.03. The number of sulfonamides is 1.